The molecule has 0 amide bonds. The average Bonchev–Trinajstić information content (AvgIpc) is 2.79. The number of rotatable bonds is 6. The molecule has 1 saturated heterocycles. The molecule has 0 saturated carbocycles. The highest BCUT2D eigenvalue weighted by Crippen LogP contribution is 2.39. The van der Waals surface area contributed by atoms with Crippen LogP contribution in [0.2, 0.25) is 0 Å². The molecule has 0 radical (unpaired) electrons. The zero-order chi connectivity index (χ0) is 22.8. The van der Waals surface area contributed by atoms with Gasteiger partial charge in [0.15, 0.2) is 0 Å². The zero-order valence-corrected chi connectivity index (χ0v) is 18.3. The number of hydrogen-bond donors (Lipinski definition) is 4. The lowest BCUT2D eigenvalue weighted by Crippen LogP contribution is -2.55. The first-order valence-corrected chi connectivity index (χ1v) is 10.9. The van der Waals surface area contributed by atoms with Crippen molar-refractivity contribution in [2.75, 3.05) is 24.7 Å². The summed E-state index contributed by atoms with van der Waals surface area (Å²) in [4.78, 5) is 2.19. The first kappa shape index (κ1) is 22.8. The average molecular weight is 446 g/mol. The van der Waals surface area contributed by atoms with E-state index in [0.29, 0.717) is 25.3 Å². The first-order valence-electron chi connectivity index (χ1n) is 10.9. The lowest BCUT2D eigenvalue weighted by atomic mass is 9.91. The Labute approximate surface area is 187 Å². The zero-order valence-electron chi connectivity index (χ0n) is 18.3. The fourth-order valence-corrected chi connectivity index (χ4v) is 4.17. The van der Waals surface area contributed by atoms with E-state index in [-0.39, 0.29) is 6.10 Å². The van der Waals surface area contributed by atoms with Gasteiger partial charge in [-0.1, -0.05) is 18.2 Å². The third-order valence-corrected chi connectivity index (χ3v) is 5.83. The third-order valence-electron chi connectivity index (χ3n) is 5.83. The maximum Gasteiger partial charge on any atom is 0.142 e. The molecule has 2 aliphatic heterocycles. The number of nitrogens with zero attached hydrogens (tertiary/aromatic N) is 1. The molecule has 0 bridgehead atoms. The standard InChI is InChI=1S/C24H31NO7/c1-14(2)31-17-6-3-15(4-7-17)12-25-9-10-30-19-8-5-16(11-18(19)25)24-23(29)22(28)21(27)20(13-26)32-24/h3-8,11,14,20-24,26-29H,9-10,12-13H2,1-2H3/t20-,21-,22+,23-,24+/m1/s1. The number of fused-ring (bicyclic) bond motifs is 1. The van der Waals surface area contributed by atoms with Crippen LogP contribution in [0.4, 0.5) is 5.69 Å². The minimum Gasteiger partial charge on any atom is -0.491 e. The van der Waals surface area contributed by atoms with Gasteiger partial charge in [-0.2, -0.15) is 0 Å². The number of aliphatic hydroxyl groups excluding tert-OH is 4. The fourth-order valence-electron chi connectivity index (χ4n) is 4.17. The second-order valence-electron chi connectivity index (χ2n) is 8.56. The van der Waals surface area contributed by atoms with Gasteiger partial charge in [0, 0.05) is 6.54 Å². The summed E-state index contributed by atoms with van der Waals surface area (Å²) >= 11 is 0. The Morgan fingerprint density at radius 1 is 1.03 bits per heavy atom. The van der Waals surface area contributed by atoms with E-state index in [1.165, 1.54) is 0 Å². The second kappa shape index (κ2) is 9.64. The summed E-state index contributed by atoms with van der Waals surface area (Å²) in [5.74, 6) is 1.56. The van der Waals surface area contributed by atoms with Crippen molar-refractivity contribution >= 4 is 5.69 Å². The van der Waals surface area contributed by atoms with Crippen LogP contribution >= 0.6 is 0 Å². The Hall–Kier alpha value is -2.36. The molecule has 0 aliphatic carbocycles. The third kappa shape index (κ3) is 4.69. The summed E-state index contributed by atoms with van der Waals surface area (Å²) in [5.41, 5.74) is 2.61. The van der Waals surface area contributed by atoms with Gasteiger partial charge in [0.05, 0.1) is 24.9 Å². The van der Waals surface area contributed by atoms with Crippen LogP contribution in [0.1, 0.15) is 31.1 Å². The Morgan fingerprint density at radius 3 is 2.47 bits per heavy atom. The van der Waals surface area contributed by atoms with Gasteiger partial charge in [-0.25, -0.2) is 0 Å². The molecule has 2 aromatic rings. The molecule has 32 heavy (non-hydrogen) atoms. The lowest BCUT2D eigenvalue weighted by Gasteiger charge is -2.40. The van der Waals surface area contributed by atoms with Gasteiger partial charge in [0.1, 0.15) is 48.6 Å². The van der Waals surface area contributed by atoms with Crippen LogP contribution in [0.15, 0.2) is 42.5 Å². The highest BCUT2D eigenvalue weighted by Gasteiger charge is 2.44. The number of aliphatic hydroxyl groups is 4. The number of benzene rings is 2. The molecule has 0 aromatic heterocycles. The Balaban J connectivity index is 1.56. The highest BCUT2D eigenvalue weighted by atomic mass is 16.5. The first-order chi connectivity index (χ1) is 15.4. The molecule has 8 heteroatoms. The van der Waals surface area contributed by atoms with E-state index in [1.807, 2.05) is 50.2 Å². The molecule has 2 heterocycles. The Kier molecular flexibility index (Phi) is 6.88. The molecular weight excluding hydrogens is 414 g/mol. The molecule has 4 N–H and O–H groups in total. The molecule has 5 atom stereocenters. The van der Waals surface area contributed by atoms with Crippen molar-refractivity contribution in [2.24, 2.45) is 0 Å². The number of anilines is 1. The van der Waals surface area contributed by atoms with Gasteiger partial charge in [-0.05, 0) is 49.2 Å². The van der Waals surface area contributed by atoms with Crippen molar-refractivity contribution in [3.63, 3.8) is 0 Å². The van der Waals surface area contributed by atoms with Crippen LogP contribution < -0.4 is 14.4 Å². The van der Waals surface area contributed by atoms with E-state index in [4.69, 9.17) is 14.2 Å². The van der Waals surface area contributed by atoms with Crippen molar-refractivity contribution < 1.29 is 34.6 Å². The van der Waals surface area contributed by atoms with Crippen LogP contribution in [-0.4, -0.2) is 70.7 Å². The smallest absolute Gasteiger partial charge is 0.142 e. The largest absolute Gasteiger partial charge is 0.491 e. The van der Waals surface area contributed by atoms with E-state index < -0.39 is 37.1 Å². The number of hydrogen-bond acceptors (Lipinski definition) is 8. The van der Waals surface area contributed by atoms with E-state index in [1.54, 1.807) is 6.07 Å². The van der Waals surface area contributed by atoms with Crippen molar-refractivity contribution in [3.05, 3.63) is 53.6 Å². The van der Waals surface area contributed by atoms with Gasteiger partial charge < -0.3 is 39.5 Å². The predicted molar refractivity (Wildman–Crippen MR) is 118 cm³/mol. The van der Waals surface area contributed by atoms with Gasteiger partial charge in [0.2, 0.25) is 0 Å². The maximum atomic E-state index is 10.5. The summed E-state index contributed by atoms with van der Waals surface area (Å²) < 4.78 is 17.2. The normalized spacial score (nSPS) is 27.7. The summed E-state index contributed by atoms with van der Waals surface area (Å²) in [6.07, 6.45) is -5.84. The summed E-state index contributed by atoms with van der Waals surface area (Å²) in [6.45, 7) is 5.43. The Bertz CT molecular complexity index is 902. The topological polar surface area (TPSA) is 112 Å². The van der Waals surface area contributed by atoms with Crippen LogP contribution in [0.5, 0.6) is 11.5 Å². The fraction of sp³-hybridized carbons (Fsp3) is 0.500. The van der Waals surface area contributed by atoms with Crippen LogP contribution in [0.25, 0.3) is 0 Å². The van der Waals surface area contributed by atoms with Gasteiger partial charge in [-0.3, -0.25) is 0 Å². The predicted octanol–water partition coefficient (Wildman–Crippen LogP) is 1.39. The van der Waals surface area contributed by atoms with Crippen LogP contribution in [0.3, 0.4) is 0 Å². The van der Waals surface area contributed by atoms with Crippen molar-refractivity contribution in [1.29, 1.82) is 0 Å². The minimum absolute atomic E-state index is 0.118. The molecule has 0 spiro atoms. The molecule has 0 unspecified atom stereocenters. The molecule has 2 aliphatic rings. The van der Waals surface area contributed by atoms with E-state index in [2.05, 4.69) is 4.90 Å². The van der Waals surface area contributed by atoms with Crippen LogP contribution in [-0.2, 0) is 11.3 Å². The van der Waals surface area contributed by atoms with E-state index in [9.17, 15) is 20.4 Å². The van der Waals surface area contributed by atoms with Crippen LogP contribution in [0, 0.1) is 0 Å². The quantitative estimate of drug-likeness (QED) is 0.528. The second-order valence-corrected chi connectivity index (χ2v) is 8.56. The van der Waals surface area contributed by atoms with Crippen molar-refractivity contribution in [1.82, 2.24) is 0 Å². The molecule has 4 rings (SSSR count). The van der Waals surface area contributed by atoms with E-state index >= 15 is 0 Å². The van der Waals surface area contributed by atoms with Crippen molar-refractivity contribution in [3.8, 4) is 11.5 Å². The van der Waals surface area contributed by atoms with Gasteiger partial charge in [0.25, 0.3) is 0 Å². The molecule has 1 fully saturated rings. The van der Waals surface area contributed by atoms with Gasteiger partial charge in [-0.15, -0.1) is 0 Å². The highest BCUT2D eigenvalue weighted by molar-refractivity contribution is 5.62. The molecule has 174 valence electrons. The minimum atomic E-state index is -1.42. The number of ether oxygens (including phenoxy) is 3. The lowest BCUT2D eigenvalue weighted by molar-refractivity contribution is -0.231. The molecule has 2 aromatic carbocycles. The SMILES string of the molecule is CC(C)Oc1ccc(CN2CCOc3ccc([C@@H]4O[C@H](CO)[C@@H](O)[C@H](O)[C@H]4O)cc32)cc1. The Morgan fingerprint density at radius 2 is 1.78 bits per heavy atom. The van der Waals surface area contributed by atoms with Gasteiger partial charge >= 0.3 is 0 Å². The summed E-state index contributed by atoms with van der Waals surface area (Å²) in [5, 5.41) is 40.2. The molecular formula is C24H31NO7. The summed E-state index contributed by atoms with van der Waals surface area (Å²) in [7, 11) is 0. The molecule has 8 nitrogen and oxygen atoms in total. The maximum absolute atomic E-state index is 10.5. The monoisotopic (exact) mass is 445 g/mol. The van der Waals surface area contributed by atoms with Crippen molar-refractivity contribution in [2.45, 2.75) is 57.0 Å². The van der Waals surface area contributed by atoms with E-state index in [0.717, 1.165) is 22.7 Å². The summed E-state index contributed by atoms with van der Waals surface area (Å²) in [6, 6.07) is 13.5.